The molecule has 0 unspecified atom stereocenters. The highest BCUT2D eigenvalue weighted by atomic mass is 32.2. The lowest BCUT2D eigenvalue weighted by Gasteiger charge is -2.31. The van der Waals surface area contributed by atoms with Crippen molar-refractivity contribution in [3.63, 3.8) is 0 Å². The van der Waals surface area contributed by atoms with Crippen molar-refractivity contribution >= 4 is 21.6 Å². The molecule has 0 saturated heterocycles. The molecule has 1 amide bonds. The lowest BCUT2D eigenvalue weighted by atomic mass is 10.0. The average molecular weight is 437 g/mol. The van der Waals surface area contributed by atoms with Gasteiger partial charge in [-0.05, 0) is 37.6 Å². The van der Waals surface area contributed by atoms with E-state index in [1.54, 1.807) is 30.3 Å². The first-order valence-corrected chi connectivity index (χ1v) is 11.5. The van der Waals surface area contributed by atoms with Crippen LogP contribution in [-0.4, -0.2) is 33.5 Å². The first-order chi connectivity index (χ1) is 14.9. The van der Waals surface area contributed by atoms with Gasteiger partial charge in [-0.25, -0.2) is 8.42 Å². The highest BCUT2D eigenvalue weighted by Gasteiger charge is 2.35. The van der Waals surface area contributed by atoms with Crippen LogP contribution in [0.3, 0.4) is 0 Å². The Morgan fingerprint density at radius 1 is 0.968 bits per heavy atom. The number of hydrogen-bond donors (Lipinski definition) is 1. The van der Waals surface area contributed by atoms with E-state index in [2.05, 4.69) is 5.32 Å². The number of fused-ring (bicyclic) bond motifs is 3. The Morgan fingerprint density at radius 3 is 2.39 bits per heavy atom. The zero-order valence-electron chi connectivity index (χ0n) is 17.4. The molecular formula is C24H24N2O4S. The Morgan fingerprint density at radius 2 is 1.61 bits per heavy atom. The highest BCUT2D eigenvalue weighted by molar-refractivity contribution is 7.93. The fourth-order valence-corrected chi connectivity index (χ4v) is 5.33. The molecular weight excluding hydrogens is 412 g/mol. The second kappa shape index (κ2) is 8.43. The van der Waals surface area contributed by atoms with Gasteiger partial charge in [0.2, 0.25) is 5.91 Å². The van der Waals surface area contributed by atoms with Crippen molar-refractivity contribution in [2.75, 3.05) is 17.5 Å². The molecule has 3 aromatic carbocycles. The largest absolute Gasteiger partial charge is 0.491 e. The molecule has 6 nitrogen and oxygen atoms in total. The van der Waals surface area contributed by atoms with Crippen LogP contribution in [0.2, 0.25) is 0 Å². The number of para-hydroxylation sites is 2. The third kappa shape index (κ3) is 4.14. The second-order valence-electron chi connectivity index (χ2n) is 7.57. The Labute approximate surface area is 182 Å². The summed E-state index contributed by atoms with van der Waals surface area (Å²) < 4.78 is 33.5. The molecule has 1 heterocycles. The summed E-state index contributed by atoms with van der Waals surface area (Å²) in [6, 6.07) is 21.4. The maximum absolute atomic E-state index is 13.3. The van der Waals surface area contributed by atoms with Gasteiger partial charge in [-0.2, -0.15) is 0 Å². The molecule has 3 aromatic rings. The van der Waals surface area contributed by atoms with Gasteiger partial charge in [-0.15, -0.1) is 0 Å². The average Bonchev–Trinajstić information content (AvgIpc) is 2.76. The van der Waals surface area contributed by atoms with Crippen LogP contribution in [0, 0.1) is 6.92 Å². The first-order valence-electron chi connectivity index (χ1n) is 10.1. The van der Waals surface area contributed by atoms with Crippen LogP contribution in [0.1, 0.15) is 12.5 Å². The maximum Gasteiger partial charge on any atom is 0.265 e. The van der Waals surface area contributed by atoms with Crippen LogP contribution in [0.15, 0.2) is 77.7 Å². The zero-order chi connectivity index (χ0) is 22.0. The molecule has 0 fully saturated rings. The monoisotopic (exact) mass is 436 g/mol. The minimum atomic E-state index is -3.85. The summed E-state index contributed by atoms with van der Waals surface area (Å²) in [5, 5.41) is 2.84. The quantitative estimate of drug-likeness (QED) is 0.639. The van der Waals surface area contributed by atoms with Gasteiger partial charge < -0.3 is 10.1 Å². The van der Waals surface area contributed by atoms with Crippen LogP contribution in [0.25, 0.3) is 11.1 Å². The van der Waals surface area contributed by atoms with Gasteiger partial charge in [0.05, 0.1) is 16.6 Å². The fourth-order valence-electron chi connectivity index (χ4n) is 3.68. The number of ether oxygens (including phenoxy) is 1. The van der Waals surface area contributed by atoms with Crippen molar-refractivity contribution in [3.05, 3.63) is 78.4 Å². The molecule has 7 heteroatoms. The molecule has 1 aliphatic rings. The molecule has 4 rings (SSSR count). The molecule has 0 aromatic heterocycles. The topological polar surface area (TPSA) is 75.7 Å². The van der Waals surface area contributed by atoms with Gasteiger partial charge in [0.1, 0.15) is 18.9 Å². The number of nitrogens with one attached hydrogen (secondary N) is 1. The van der Waals surface area contributed by atoms with Crippen molar-refractivity contribution in [2.45, 2.75) is 24.8 Å². The number of aryl methyl sites for hydroxylation is 1. The highest BCUT2D eigenvalue weighted by Crippen LogP contribution is 2.42. The lowest BCUT2D eigenvalue weighted by molar-refractivity contribution is -0.120. The number of benzene rings is 3. The number of carbonyl (C=O) groups is 1. The number of nitrogens with zero attached hydrogens (tertiary/aromatic N) is 1. The van der Waals surface area contributed by atoms with E-state index in [4.69, 9.17) is 4.74 Å². The van der Waals surface area contributed by atoms with Crippen LogP contribution in [-0.2, 0) is 14.8 Å². The van der Waals surface area contributed by atoms with E-state index >= 15 is 0 Å². The van der Waals surface area contributed by atoms with Gasteiger partial charge in [-0.3, -0.25) is 9.10 Å². The summed E-state index contributed by atoms with van der Waals surface area (Å²) >= 11 is 0. The molecule has 1 N–H and O–H groups in total. The summed E-state index contributed by atoms with van der Waals surface area (Å²) in [5.41, 5.74) is 2.95. The third-order valence-electron chi connectivity index (χ3n) is 5.20. The smallest absolute Gasteiger partial charge is 0.265 e. The van der Waals surface area contributed by atoms with Crippen molar-refractivity contribution in [3.8, 4) is 16.9 Å². The number of rotatable bonds is 6. The van der Waals surface area contributed by atoms with Crippen molar-refractivity contribution < 1.29 is 17.9 Å². The number of anilines is 1. The van der Waals surface area contributed by atoms with Crippen molar-refractivity contribution in [2.24, 2.45) is 0 Å². The molecule has 0 radical (unpaired) electrons. The van der Waals surface area contributed by atoms with E-state index in [0.717, 1.165) is 16.9 Å². The maximum atomic E-state index is 13.3. The minimum Gasteiger partial charge on any atom is -0.491 e. The summed E-state index contributed by atoms with van der Waals surface area (Å²) in [6.45, 7) is 3.75. The predicted molar refractivity (Wildman–Crippen MR) is 121 cm³/mol. The number of carbonyl (C=O) groups excluding carboxylic acids is 1. The van der Waals surface area contributed by atoms with Crippen LogP contribution < -0.4 is 14.4 Å². The number of sulfonamides is 1. The van der Waals surface area contributed by atoms with E-state index < -0.39 is 15.9 Å². The molecule has 1 atom stereocenters. The third-order valence-corrected chi connectivity index (χ3v) is 7.01. The summed E-state index contributed by atoms with van der Waals surface area (Å²) in [6.07, 6.45) is 0. The summed E-state index contributed by atoms with van der Waals surface area (Å²) in [5.74, 6) is 0.367. The lowest BCUT2D eigenvalue weighted by Crippen LogP contribution is -2.46. The van der Waals surface area contributed by atoms with Gasteiger partial charge in [-0.1, -0.05) is 54.6 Å². The van der Waals surface area contributed by atoms with Gasteiger partial charge in [0.15, 0.2) is 0 Å². The zero-order valence-corrected chi connectivity index (χ0v) is 18.2. The minimum absolute atomic E-state index is 0.206. The standard InChI is InChI=1S/C24H24N2O4S/c1-17-9-3-7-13-22(17)30-16-18(2)25-24(27)15-26-21-12-6-4-10-19(21)20-11-5-8-14-23(20)31(26,28)29/h3-14,18H,15-16H2,1-2H3,(H,25,27)/t18-/m0/s1. The fraction of sp³-hybridized carbons (Fsp3) is 0.208. The molecule has 1 aliphatic heterocycles. The van der Waals surface area contributed by atoms with Crippen molar-refractivity contribution in [1.29, 1.82) is 0 Å². The molecule has 0 aliphatic carbocycles. The molecule has 0 bridgehead atoms. The van der Waals surface area contributed by atoms with E-state index in [-0.39, 0.29) is 24.1 Å². The Balaban J connectivity index is 1.50. The SMILES string of the molecule is Cc1ccccc1OC[C@H](C)NC(=O)CN1c2ccccc2-c2ccccc2S1(=O)=O. The number of amides is 1. The normalized spacial score (nSPS) is 14.8. The van der Waals surface area contributed by atoms with Gasteiger partial charge in [0.25, 0.3) is 10.0 Å². The van der Waals surface area contributed by atoms with Crippen LogP contribution >= 0.6 is 0 Å². The Hall–Kier alpha value is -3.32. The van der Waals surface area contributed by atoms with Gasteiger partial charge >= 0.3 is 0 Å². The Kier molecular flexibility index (Phi) is 5.69. The summed E-state index contributed by atoms with van der Waals surface area (Å²) in [4.78, 5) is 12.9. The second-order valence-corrected chi connectivity index (χ2v) is 9.40. The van der Waals surface area contributed by atoms with E-state index in [9.17, 15) is 13.2 Å². The Bertz CT molecular complexity index is 1220. The summed E-state index contributed by atoms with van der Waals surface area (Å²) in [7, 11) is -3.85. The van der Waals surface area contributed by atoms with Crippen molar-refractivity contribution in [1.82, 2.24) is 5.32 Å². The molecule has 31 heavy (non-hydrogen) atoms. The number of hydrogen-bond acceptors (Lipinski definition) is 4. The molecule has 160 valence electrons. The van der Waals surface area contributed by atoms with E-state index in [0.29, 0.717) is 11.3 Å². The van der Waals surface area contributed by atoms with Crippen LogP contribution in [0.5, 0.6) is 5.75 Å². The first kappa shape index (κ1) is 20.9. The van der Waals surface area contributed by atoms with Gasteiger partial charge in [0, 0.05) is 11.1 Å². The predicted octanol–water partition coefficient (Wildman–Crippen LogP) is 3.75. The van der Waals surface area contributed by atoms with E-state index in [1.165, 1.54) is 4.31 Å². The molecule has 0 saturated carbocycles. The van der Waals surface area contributed by atoms with E-state index in [1.807, 2.05) is 56.3 Å². The van der Waals surface area contributed by atoms with Crippen LogP contribution in [0.4, 0.5) is 5.69 Å². The molecule has 0 spiro atoms.